The van der Waals surface area contributed by atoms with E-state index in [0.29, 0.717) is 38.7 Å². The van der Waals surface area contributed by atoms with Crippen molar-refractivity contribution in [1.82, 2.24) is 10.3 Å². The van der Waals surface area contributed by atoms with Crippen LogP contribution in [0.4, 0.5) is 0 Å². The molecule has 2 N–H and O–H groups in total. The molecule has 138 valence electrons. The topological polar surface area (TPSA) is 88.5 Å². The lowest BCUT2D eigenvalue weighted by Crippen LogP contribution is -2.41. The van der Waals surface area contributed by atoms with Gasteiger partial charge in [-0.2, -0.15) is 0 Å². The van der Waals surface area contributed by atoms with Crippen molar-refractivity contribution in [2.75, 3.05) is 0 Å². The van der Waals surface area contributed by atoms with Gasteiger partial charge in [-0.1, -0.05) is 24.4 Å². The highest BCUT2D eigenvalue weighted by molar-refractivity contribution is 7.13. The minimum absolute atomic E-state index is 0.227. The number of aliphatic carboxylic acids is 1. The first-order valence-corrected chi connectivity index (χ1v) is 9.50. The van der Waals surface area contributed by atoms with Crippen molar-refractivity contribution in [3.63, 3.8) is 0 Å². The first-order valence-electron chi connectivity index (χ1n) is 8.30. The van der Waals surface area contributed by atoms with Crippen LogP contribution in [-0.2, 0) is 11.4 Å². The molecule has 1 aromatic carbocycles. The summed E-state index contributed by atoms with van der Waals surface area (Å²) in [6.07, 6.45) is 2.54. The van der Waals surface area contributed by atoms with Gasteiger partial charge in [-0.25, -0.2) is 9.78 Å². The zero-order valence-corrected chi connectivity index (χ0v) is 15.8. The maximum Gasteiger partial charge on any atom is 0.326 e. The number of carboxylic acids is 1. The minimum Gasteiger partial charge on any atom is -0.486 e. The zero-order valence-electron chi connectivity index (χ0n) is 14.2. The molecule has 0 spiro atoms. The van der Waals surface area contributed by atoms with E-state index < -0.39 is 17.9 Å². The van der Waals surface area contributed by atoms with Crippen LogP contribution in [0.1, 0.15) is 39.6 Å². The van der Waals surface area contributed by atoms with Crippen LogP contribution in [0.2, 0.25) is 5.02 Å². The predicted octanol–water partition coefficient (Wildman–Crippen LogP) is 3.67. The van der Waals surface area contributed by atoms with E-state index in [4.69, 9.17) is 16.3 Å². The highest BCUT2D eigenvalue weighted by Gasteiger charge is 2.31. The van der Waals surface area contributed by atoms with E-state index in [1.807, 2.05) is 0 Å². The molecule has 0 radical (unpaired) electrons. The number of aryl methyl sites for hydroxylation is 1. The molecule has 1 aliphatic rings. The number of halogens is 1. The third-order valence-electron chi connectivity index (χ3n) is 4.09. The monoisotopic (exact) mass is 394 g/mol. The van der Waals surface area contributed by atoms with Gasteiger partial charge >= 0.3 is 5.97 Å². The molecule has 1 aromatic heterocycles. The number of rotatable bonds is 8. The van der Waals surface area contributed by atoms with Gasteiger partial charge in [0.15, 0.2) is 0 Å². The fourth-order valence-electron chi connectivity index (χ4n) is 2.53. The van der Waals surface area contributed by atoms with Crippen molar-refractivity contribution >= 4 is 34.8 Å². The molecule has 8 heteroatoms. The largest absolute Gasteiger partial charge is 0.486 e. The number of nitrogens with one attached hydrogen (secondary N) is 1. The summed E-state index contributed by atoms with van der Waals surface area (Å²) >= 11 is 7.05. The summed E-state index contributed by atoms with van der Waals surface area (Å²) in [4.78, 5) is 28.6. The van der Waals surface area contributed by atoms with E-state index in [0.717, 1.165) is 12.8 Å². The van der Waals surface area contributed by atoms with Gasteiger partial charge in [-0.3, -0.25) is 4.79 Å². The molecular weight excluding hydrogens is 376 g/mol. The Labute approximate surface area is 160 Å². The van der Waals surface area contributed by atoms with E-state index in [-0.39, 0.29) is 6.61 Å². The molecule has 1 aliphatic carbocycles. The maximum atomic E-state index is 12.4. The first-order chi connectivity index (χ1) is 12.4. The number of amides is 1. The average molecular weight is 395 g/mol. The first kappa shape index (κ1) is 18.7. The van der Waals surface area contributed by atoms with Crippen LogP contribution in [0.5, 0.6) is 5.75 Å². The number of aromatic nitrogens is 1. The lowest BCUT2D eigenvalue weighted by atomic mass is 10.1. The van der Waals surface area contributed by atoms with Crippen molar-refractivity contribution in [2.24, 2.45) is 5.92 Å². The number of nitrogens with zero attached hydrogens (tertiary/aromatic N) is 1. The molecule has 26 heavy (non-hydrogen) atoms. The highest BCUT2D eigenvalue weighted by atomic mass is 35.5. The third-order valence-corrected chi connectivity index (χ3v) is 5.47. The molecule has 0 bridgehead atoms. The van der Waals surface area contributed by atoms with Crippen molar-refractivity contribution in [1.29, 1.82) is 0 Å². The molecule has 1 unspecified atom stereocenters. The SMILES string of the molecule is Cc1nc(COc2ccc(Cl)cc2)sc1C(=O)NC(CC1CC1)C(=O)O. The molecule has 2 aromatic rings. The number of carboxylic acid groups (broad SMARTS) is 1. The average Bonchev–Trinajstić information content (AvgIpc) is 3.34. The number of carbonyl (C=O) groups is 2. The molecule has 0 aliphatic heterocycles. The van der Waals surface area contributed by atoms with Gasteiger partial charge in [0.1, 0.15) is 28.3 Å². The lowest BCUT2D eigenvalue weighted by molar-refractivity contribution is -0.139. The Hall–Kier alpha value is -2.12. The van der Waals surface area contributed by atoms with Crippen LogP contribution in [0.3, 0.4) is 0 Å². The number of benzene rings is 1. The molecule has 1 fully saturated rings. The fraction of sp³-hybridized carbons (Fsp3) is 0.389. The van der Waals surface area contributed by atoms with Gasteiger partial charge < -0.3 is 15.2 Å². The van der Waals surface area contributed by atoms with E-state index in [1.165, 1.54) is 11.3 Å². The number of thiazole rings is 1. The van der Waals surface area contributed by atoms with Gasteiger partial charge in [-0.05, 0) is 43.5 Å². The van der Waals surface area contributed by atoms with Crippen molar-refractivity contribution in [3.8, 4) is 5.75 Å². The lowest BCUT2D eigenvalue weighted by Gasteiger charge is -2.13. The zero-order chi connectivity index (χ0) is 18.7. The molecular formula is C18H19ClN2O4S. The minimum atomic E-state index is -1.00. The van der Waals surface area contributed by atoms with Crippen molar-refractivity contribution in [2.45, 2.75) is 38.8 Å². The third kappa shape index (κ3) is 4.95. The summed E-state index contributed by atoms with van der Waals surface area (Å²) in [5.74, 6) is -0.338. The van der Waals surface area contributed by atoms with Gasteiger partial charge in [0.2, 0.25) is 0 Å². The Morgan fingerprint density at radius 1 is 1.38 bits per heavy atom. The number of ether oxygens (including phenoxy) is 1. The van der Waals surface area contributed by atoms with Crippen LogP contribution < -0.4 is 10.1 Å². The second-order valence-electron chi connectivity index (χ2n) is 6.31. The Morgan fingerprint density at radius 2 is 2.08 bits per heavy atom. The van der Waals surface area contributed by atoms with E-state index in [2.05, 4.69) is 10.3 Å². The quantitative estimate of drug-likeness (QED) is 0.713. The second kappa shape index (κ2) is 8.05. The Kier molecular flexibility index (Phi) is 5.78. The van der Waals surface area contributed by atoms with Crippen LogP contribution in [-0.4, -0.2) is 28.0 Å². The molecule has 1 saturated carbocycles. The van der Waals surface area contributed by atoms with Crippen LogP contribution >= 0.6 is 22.9 Å². The molecule has 1 atom stereocenters. The summed E-state index contributed by atoms with van der Waals surface area (Å²) in [7, 11) is 0. The Balaban J connectivity index is 1.61. The summed E-state index contributed by atoms with van der Waals surface area (Å²) in [5.41, 5.74) is 0.567. The normalized spacial score (nSPS) is 14.7. The Bertz CT molecular complexity index is 802. The predicted molar refractivity (Wildman–Crippen MR) is 98.9 cm³/mol. The van der Waals surface area contributed by atoms with E-state index in [1.54, 1.807) is 31.2 Å². The summed E-state index contributed by atoms with van der Waals surface area (Å²) < 4.78 is 5.64. The molecule has 1 amide bonds. The summed E-state index contributed by atoms with van der Waals surface area (Å²) in [6.45, 7) is 1.96. The van der Waals surface area contributed by atoms with Crippen LogP contribution in [0.25, 0.3) is 0 Å². The van der Waals surface area contributed by atoms with Gasteiger partial charge in [0.25, 0.3) is 5.91 Å². The van der Waals surface area contributed by atoms with Gasteiger partial charge in [0.05, 0.1) is 5.69 Å². The van der Waals surface area contributed by atoms with Crippen LogP contribution in [0, 0.1) is 12.8 Å². The number of hydrogen-bond acceptors (Lipinski definition) is 5. The van der Waals surface area contributed by atoms with Gasteiger partial charge in [0, 0.05) is 5.02 Å². The van der Waals surface area contributed by atoms with Crippen molar-refractivity contribution in [3.05, 3.63) is 44.9 Å². The molecule has 0 saturated heterocycles. The number of carbonyl (C=O) groups excluding carboxylic acids is 1. The van der Waals surface area contributed by atoms with E-state index >= 15 is 0 Å². The van der Waals surface area contributed by atoms with Gasteiger partial charge in [-0.15, -0.1) is 11.3 Å². The fourth-order valence-corrected chi connectivity index (χ4v) is 3.54. The molecule has 3 rings (SSSR count). The summed E-state index contributed by atoms with van der Waals surface area (Å²) in [5, 5.41) is 13.2. The highest BCUT2D eigenvalue weighted by Crippen LogP contribution is 2.33. The number of hydrogen-bond donors (Lipinski definition) is 2. The standard InChI is InChI=1S/C18H19ClN2O4S/c1-10-16(17(22)21-14(18(23)24)8-11-2-3-11)26-15(20-10)9-25-13-6-4-12(19)5-7-13/h4-7,11,14H,2-3,8-9H2,1H3,(H,21,22)(H,23,24). The molecule has 6 nitrogen and oxygen atoms in total. The van der Waals surface area contributed by atoms with E-state index in [9.17, 15) is 14.7 Å². The summed E-state index contributed by atoms with van der Waals surface area (Å²) in [6, 6.07) is 6.12. The Morgan fingerprint density at radius 3 is 2.69 bits per heavy atom. The van der Waals surface area contributed by atoms with Crippen molar-refractivity contribution < 1.29 is 19.4 Å². The smallest absolute Gasteiger partial charge is 0.326 e. The second-order valence-corrected chi connectivity index (χ2v) is 7.83. The molecule has 1 heterocycles. The van der Waals surface area contributed by atoms with Crippen LogP contribution in [0.15, 0.2) is 24.3 Å². The maximum absolute atomic E-state index is 12.4.